The Morgan fingerprint density at radius 2 is 2.17 bits per heavy atom. The molecule has 0 aromatic carbocycles. The van der Waals surface area contributed by atoms with Crippen molar-refractivity contribution in [3.63, 3.8) is 0 Å². The second-order valence-electron chi connectivity index (χ2n) is 4.39. The van der Waals surface area contributed by atoms with Gasteiger partial charge >= 0.3 is 0 Å². The molecule has 18 heavy (non-hydrogen) atoms. The molecule has 0 aliphatic carbocycles. The zero-order chi connectivity index (χ0) is 13.0. The second kappa shape index (κ2) is 5.69. The summed E-state index contributed by atoms with van der Waals surface area (Å²) >= 11 is 0. The van der Waals surface area contributed by atoms with E-state index in [1.807, 2.05) is 38.5 Å². The number of aromatic nitrogens is 1. The molecule has 0 bridgehead atoms. The Bertz CT molecular complexity index is 507. The summed E-state index contributed by atoms with van der Waals surface area (Å²) in [5.41, 5.74) is 3.60. The molecular formula is C14H19N3O. The number of nitrogens with zero attached hydrogens (tertiary/aromatic N) is 2. The van der Waals surface area contributed by atoms with E-state index in [1.165, 1.54) is 16.8 Å². The Hall–Kier alpha value is -1.81. The molecule has 0 aliphatic rings. The van der Waals surface area contributed by atoms with Crippen LogP contribution in [0.2, 0.25) is 0 Å². The third-order valence-corrected chi connectivity index (χ3v) is 3.03. The fraction of sp³-hybridized carbons (Fsp3) is 0.357. The van der Waals surface area contributed by atoms with Crippen LogP contribution < -0.4 is 10.2 Å². The maximum Gasteiger partial charge on any atom is 0.105 e. The predicted octanol–water partition coefficient (Wildman–Crippen LogP) is 2.34. The Morgan fingerprint density at radius 1 is 1.33 bits per heavy atom. The van der Waals surface area contributed by atoms with Crippen molar-refractivity contribution in [2.45, 2.75) is 20.0 Å². The number of furan rings is 1. The highest BCUT2D eigenvalue weighted by atomic mass is 16.3. The first kappa shape index (κ1) is 12.6. The molecule has 2 aromatic heterocycles. The van der Waals surface area contributed by atoms with E-state index in [2.05, 4.69) is 22.2 Å². The Morgan fingerprint density at radius 3 is 2.83 bits per heavy atom. The van der Waals surface area contributed by atoms with E-state index in [4.69, 9.17) is 4.42 Å². The van der Waals surface area contributed by atoms with Gasteiger partial charge in [-0.15, -0.1) is 0 Å². The van der Waals surface area contributed by atoms with Crippen LogP contribution in [-0.2, 0) is 13.1 Å². The number of anilines is 1. The summed E-state index contributed by atoms with van der Waals surface area (Å²) in [6.45, 7) is 3.64. The van der Waals surface area contributed by atoms with Crippen LogP contribution >= 0.6 is 0 Å². The lowest BCUT2D eigenvalue weighted by Crippen LogP contribution is -2.19. The van der Waals surface area contributed by atoms with Crippen molar-refractivity contribution >= 4 is 5.69 Å². The van der Waals surface area contributed by atoms with Gasteiger partial charge in [-0.25, -0.2) is 0 Å². The standard InChI is InChI=1S/C14H19N3O/c1-11-12(5-7-18-11)10-17(3)14-4-6-16-9-13(14)8-15-2/h4-7,9,15H,8,10H2,1-3H3. The average molecular weight is 245 g/mol. The first-order valence-electron chi connectivity index (χ1n) is 6.04. The Kier molecular flexibility index (Phi) is 3.99. The minimum absolute atomic E-state index is 0.817. The van der Waals surface area contributed by atoms with Crippen molar-refractivity contribution in [3.05, 3.63) is 47.7 Å². The van der Waals surface area contributed by atoms with Gasteiger partial charge in [0.1, 0.15) is 5.76 Å². The van der Waals surface area contributed by atoms with Crippen molar-refractivity contribution in [2.24, 2.45) is 0 Å². The lowest BCUT2D eigenvalue weighted by Gasteiger charge is -2.21. The topological polar surface area (TPSA) is 41.3 Å². The zero-order valence-corrected chi connectivity index (χ0v) is 11.1. The molecule has 2 heterocycles. The van der Waals surface area contributed by atoms with Crippen LogP contribution in [-0.4, -0.2) is 19.1 Å². The van der Waals surface area contributed by atoms with E-state index in [9.17, 15) is 0 Å². The molecule has 96 valence electrons. The van der Waals surface area contributed by atoms with Crippen molar-refractivity contribution in [1.29, 1.82) is 0 Å². The van der Waals surface area contributed by atoms with Crippen LogP contribution in [0.1, 0.15) is 16.9 Å². The molecule has 2 aromatic rings. The number of hydrogen-bond acceptors (Lipinski definition) is 4. The molecule has 0 saturated carbocycles. The largest absolute Gasteiger partial charge is 0.469 e. The molecule has 0 radical (unpaired) electrons. The summed E-state index contributed by atoms with van der Waals surface area (Å²) < 4.78 is 5.33. The molecule has 0 atom stereocenters. The predicted molar refractivity (Wildman–Crippen MR) is 72.6 cm³/mol. The summed E-state index contributed by atoms with van der Waals surface area (Å²) in [6, 6.07) is 4.06. The lowest BCUT2D eigenvalue weighted by molar-refractivity contribution is 0.529. The van der Waals surface area contributed by atoms with Gasteiger partial charge in [0.25, 0.3) is 0 Å². The van der Waals surface area contributed by atoms with Crippen molar-refractivity contribution in [1.82, 2.24) is 10.3 Å². The van der Waals surface area contributed by atoms with Gasteiger partial charge in [-0.2, -0.15) is 0 Å². The van der Waals surface area contributed by atoms with E-state index in [1.54, 1.807) is 6.26 Å². The summed E-state index contributed by atoms with van der Waals surface area (Å²) in [7, 11) is 4.03. The summed E-state index contributed by atoms with van der Waals surface area (Å²) in [6.07, 6.45) is 5.47. The molecule has 0 saturated heterocycles. The number of rotatable bonds is 5. The highest BCUT2D eigenvalue weighted by Gasteiger charge is 2.09. The monoisotopic (exact) mass is 245 g/mol. The SMILES string of the molecule is CNCc1cnccc1N(C)Cc1ccoc1C. The van der Waals surface area contributed by atoms with E-state index >= 15 is 0 Å². The van der Waals surface area contributed by atoms with E-state index < -0.39 is 0 Å². The average Bonchev–Trinajstić information content (AvgIpc) is 2.76. The molecule has 4 heteroatoms. The molecule has 0 spiro atoms. The van der Waals surface area contributed by atoms with E-state index in [0.29, 0.717) is 0 Å². The molecule has 0 fully saturated rings. The van der Waals surface area contributed by atoms with Gasteiger partial charge in [-0.1, -0.05) is 0 Å². The maximum atomic E-state index is 5.33. The fourth-order valence-electron chi connectivity index (χ4n) is 2.03. The maximum absolute atomic E-state index is 5.33. The van der Waals surface area contributed by atoms with Crippen molar-refractivity contribution in [3.8, 4) is 0 Å². The van der Waals surface area contributed by atoms with Crippen molar-refractivity contribution < 1.29 is 4.42 Å². The van der Waals surface area contributed by atoms with Crippen LogP contribution in [0.15, 0.2) is 35.2 Å². The molecular weight excluding hydrogens is 226 g/mol. The summed E-state index contributed by atoms with van der Waals surface area (Å²) in [5, 5.41) is 3.16. The molecule has 2 rings (SSSR count). The van der Waals surface area contributed by atoms with Crippen LogP contribution in [0, 0.1) is 6.92 Å². The first-order chi connectivity index (χ1) is 8.72. The highest BCUT2D eigenvalue weighted by Crippen LogP contribution is 2.21. The second-order valence-corrected chi connectivity index (χ2v) is 4.39. The minimum atomic E-state index is 0.817. The van der Waals surface area contributed by atoms with E-state index in [0.717, 1.165) is 18.8 Å². The van der Waals surface area contributed by atoms with Gasteiger partial charge in [0, 0.05) is 49.3 Å². The van der Waals surface area contributed by atoms with Crippen molar-refractivity contribution in [2.75, 3.05) is 19.0 Å². The van der Waals surface area contributed by atoms with Crippen LogP contribution in [0.5, 0.6) is 0 Å². The normalized spacial score (nSPS) is 10.6. The quantitative estimate of drug-likeness (QED) is 0.878. The summed E-state index contributed by atoms with van der Waals surface area (Å²) in [5.74, 6) is 0.978. The Labute approximate surface area is 108 Å². The van der Waals surface area contributed by atoms with Gasteiger partial charge in [0.15, 0.2) is 0 Å². The smallest absolute Gasteiger partial charge is 0.105 e. The number of aryl methyl sites for hydroxylation is 1. The summed E-state index contributed by atoms with van der Waals surface area (Å²) in [4.78, 5) is 6.39. The van der Waals surface area contributed by atoms with Gasteiger partial charge in [0.2, 0.25) is 0 Å². The number of hydrogen-bond donors (Lipinski definition) is 1. The first-order valence-corrected chi connectivity index (χ1v) is 6.04. The lowest BCUT2D eigenvalue weighted by atomic mass is 10.2. The fourth-order valence-corrected chi connectivity index (χ4v) is 2.03. The number of pyridine rings is 1. The third kappa shape index (κ3) is 2.71. The highest BCUT2D eigenvalue weighted by molar-refractivity contribution is 5.52. The molecule has 1 N–H and O–H groups in total. The van der Waals surface area contributed by atoms with Gasteiger partial charge in [-0.3, -0.25) is 4.98 Å². The third-order valence-electron chi connectivity index (χ3n) is 3.03. The molecule has 4 nitrogen and oxygen atoms in total. The number of nitrogens with one attached hydrogen (secondary N) is 1. The minimum Gasteiger partial charge on any atom is -0.469 e. The zero-order valence-electron chi connectivity index (χ0n) is 11.1. The van der Waals surface area contributed by atoms with E-state index in [-0.39, 0.29) is 0 Å². The molecule has 0 unspecified atom stereocenters. The Balaban J connectivity index is 2.18. The van der Waals surface area contributed by atoms with Gasteiger partial charge in [-0.05, 0) is 26.1 Å². The van der Waals surface area contributed by atoms with Gasteiger partial charge < -0.3 is 14.6 Å². The van der Waals surface area contributed by atoms with Crippen LogP contribution in [0.25, 0.3) is 0 Å². The van der Waals surface area contributed by atoms with Gasteiger partial charge in [0.05, 0.1) is 6.26 Å². The molecule has 0 amide bonds. The van der Waals surface area contributed by atoms with Crippen LogP contribution in [0.4, 0.5) is 5.69 Å². The van der Waals surface area contributed by atoms with Crippen LogP contribution in [0.3, 0.4) is 0 Å². The molecule has 0 aliphatic heterocycles.